The summed E-state index contributed by atoms with van der Waals surface area (Å²) >= 11 is 0. The van der Waals surface area contributed by atoms with Gasteiger partial charge in [0.05, 0.1) is 18.5 Å². The van der Waals surface area contributed by atoms with E-state index in [0.717, 1.165) is 5.56 Å². The van der Waals surface area contributed by atoms with Gasteiger partial charge in [0.25, 0.3) is 5.91 Å². The SMILES string of the molecule is CCOc1ccccc1-c1cc(C(=O)N/N=C\c2ccc(F)cc2)[nH]n1. The second kappa shape index (κ2) is 8.06. The van der Waals surface area contributed by atoms with Crippen LogP contribution < -0.4 is 10.2 Å². The van der Waals surface area contributed by atoms with E-state index < -0.39 is 5.91 Å². The lowest BCUT2D eigenvalue weighted by Crippen LogP contribution is -2.17. The number of aromatic amines is 1. The summed E-state index contributed by atoms with van der Waals surface area (Å²) in [6.45, 7) is 2.44. The predicted molar refractivity (Wildman–Crippen MR) is 96.7 cm³/mol. The summed E-state index contributed by atoms with van der Waals surface area (Å²) in [6, 6.07) is 14.9. The van der Waals surface area contributed by atoms with E-state index in [-0.39, 0.29) is 11.5 Å². The zero-order valence-electron chi connectivity index (χ0n) is 14.1. The molecule has 1 heterocycles. The van der Waals surface area contributed by atoms with Gasteiger partial charge >= 0.3 is 0 Å². The summed E-state index contributed by atoms with van der Waals surface area (Å²) < 4.78 is 18.4. The highest BCUT2D eigenvalue weighted by molar-refractivity contribution is 5.94. The van der Waals surface area contributed by atoms with Crippen LogP contribution in [0.4, 0.5) is 4.39 Å². The number of hydrogen-bond donors (Lipinski definition) is 2. The quantitative estimate of drug-likeness (QED) is 0.527. The van der Waals surface area contributed by atoms with E-state index in [9.17, 15) is 9.18 Å². The molecule has 0 fully saturated rings. The first-order chi connectivity index (χ1) is 12.7. The van der Waals surface area contributed by atoms with E-state index in [1.165, 1.54) is 18.3 Å². The average Bonchev–Trinajstić information content (AvgIpc) is 3.14. The molecule has 3 aromatic rings. The van der Waals surface area contributed by atoms with Gasteiger partial charge in [0.15, 0.2) is 0 Å². The van der Waals surface area contributed by atoms with Crippen LogP contribution in [0.3, 0.4) is 0 Å². The van der Waals surface area contributed by atoms with E-state index in [1.54, 1.807) is 18.2 Å². The Kier molecular flexibility index (Phi) is 5.38. The normalized spacial score (nSPS) is 10.8. The number of nitrogens with zero attached hydrogens (tertiary/aromatic N) is 2. The average molecular weight is 352 g/mol. The molecule has 0 radical (unpaired) electrons. The molecule has 0 aliphatic carbocycles. The van der Waals surface area contributed by atoms with E-state index in [2.05, 4.69) is 20.7 Å². The van der Waals surface area contributed by atoms with Crippen LogP contribution in [0.25, 0.3) is 11.3 Å². The largest absolute Gasteiger partial charge is 0.493 e. The Bertz CT molecular complexity index is 919. The number of hydrogen-bond acceptors (Lipinski definition) is 4. The third-order valence-corrected chi connectivity index (χ3v) is 3.54. The van der Waals surface area contributed by atoms with Gasteiger partial charge in [0, 0.05) is 5.56 Å². The minimum Gasteiger partial charge on any atom is -0.493 e. The van der Waals surface area contributed by atoms with E-state index in [0.29, 0.717) is 23.6 Å². The number of benzene rings is 2. The molecule has 1 amide bonds. The number of nitrogens with one attached hydrogen (secondary N) is 2. The van der Waals surface area contributed by atoms with Crippen molar-refractivity contribution >= 4 is 12.1 Å². The number of hydrazone groups is 1. The van der Waals surface area contributed by atoms with Crippen LogP contribution in [0.1, 0.15) is 23.0 Å². The van der Waals surface area contributed by atoms with Crippen molar-refractivity contribution in [2.24, 2.45) is 5.10 Å². The Balaban J connectivity index is 1.69. The first kappa shape index (κ1) is 17.3. The molecule has 0 bridgehead atoms. The molecule has 0 saturated heterocycles. The molecule has 2 aromatic carbocycles. The Hall–Kier alpha value is -3.48. The monoisotopic (exact) mass is 352 g/mol. The number of rotatable bonds is 6. The molecule has 2 N–H and O–H groups in total. The van der Waals surface area contributed by atoms with Crippen molar-refractivity contribution in [2.45, 2.75) is 6.92 Å². The number of aromatic nitrogens is 2. The highest BCUT2D eigenvalue weighted by atomic mass is 19.1. The van der Waals surface area contributed by atoms with Crippen LogP contribution >= 0.6 is 0 Å². The standard InChI is InChI=1S/C19H17FN4O2/c1-2-26-18-6-4-3-5-15(18)16-11-17(23-22-16)19(25)24-21-12-13-7-9-14(20)10-8-13/h3-12H,2H2,1H3,(H,22,23)(H,24,25)/b21-12-. The molecular weight excluding hydrogens is 335 g/mol. The first-order valence-corrected chi connectivity index (χ1v) is 8.04. The van der Waals surface area contributed by atoms with Crippen LogP contribution in [0.15, 0.2) is 59.7 Å². The number of carbonyl (C=O) groups is 1. The molecule has 0 atom stereocenters. The lowest BCUT2D eigenvalue weighted by Gasteiger charge is -2.07. The zero-order valence-corrected chi connectivity index (χ0v) is 14.1. The molecule has 0 unspecified atom stereocenters. The van der Waals surface area contributed by atoms with Gasteiger partial charge in [-0.2, -0.15) is 10.2 Å². The summed E-state index contributed by atoms with van der Waals surface area (Å²) in [5, 5.41) is 10.7. The van der Waals surface area contributed by atoms with Crippen LogP contribution in [-0.2, 0) is 0 Å². The number of halogens is 1. The van der Waals surface area contributed by atoms with Gasteiger partial charge in [-0.15, -0.1) is 0 Å². The fraction of sp³-hybridized carbons (Fsp3) is 0.105. The number of ether oxygens (including phenoxy) is 1. The van der Waals surface area contributed by atoms with Gasteiger partial charge < -0.3 is 4.74 Å². The Morgan fingerprint density at radius 1 is 1.27 bits per heavy atom. The van der Waals surface area contributed by atoms with Crippen molar-refractivity contribution in [1.29, 1.82) is 0 Å². The van der Waals surface area contributed by atoms with Crippen molar-refractivity contribution in [3.05, 3.63) is 71.7 Å². The van der Waals surface area contributed by atoms with Gasteiger partial charge in [-0.1, -0.05) is 24.3 Å². The molecule has 132 valence electrons. The third kappa shape index (κ3) is 4.13. The van der Waals surface area contributed by atoms with Gasteiger partial charge in [-0.25, -0.2) is 9.82 Å². The summed E-state index contributed by atoms with van der Waals surface area (Å²) in [4.78, 5) is 12.2. The molecule has 3 rings (SSSR count). The highest BCUT2D eigenvalue weighted by Gasteiger charge is 2.13. The smallest absolute Gasteiger partial charge is 0.289 e. The maximum Gasteiger partial charge on any atom is 0.289 e. The summed E-state index contributed by atoms with van der Waals surface area (Å²) in [7, 11) is 0. The number of amides is 1. The number of H-pyrrole nitrogens is 1. The van der Waals surface area contributed by atoms with Crippen LogP contribution in [0.2, 0.25) is 0 Å². The molecule has 0 aliphatic heterocycles. The van der Waals surface area contributed by atoms with E-state index in [1.807, 2.05) is 31.2 Å². The van der Waals surface area contributed by atoms with Crippen molar-refractivity contribution in [3.8, 4) is 17.0 Å². The van der Waals surface area contributed by atoms with Crippen LogP contribution in [-0.4, -0.2) is 28.9 Å². The summed E-state index contributed by atoms with van der Waals surface area (Å²) in [5.41, 5.74) is 4.73. The maximum atomic E-state index is 12.8. The Morgan fingerprint density at radius 3 is 2.81 bits per heavy atom. The lowest BCUT2D eigenvalue weighted by atomic mass is 10.1. The summed E-state index contributed by atoms with van der Waals surface area (Å²) in [5.74, 6) is -0.0673. The molecule has 7 heteroatoms. The maximum absolute atomic E-state index is 12.8. The molecule has 6 nitrogen and oxygen atoms in total. The second-order valence-corrected chi connectivity index (χ2v) is 5.35. The van der Waals surface area contributed by atoms with Crippen molar-refractivity contribution < 1.29 is 13.9 Å². The number of para-hydroxylation sites is 1. The minimum atomic E-state index is -0.434. The highest BCUT2D eigenvalue weighted by Crippen LogP contribution is 2.28. The lowest BCUT2D eigenvalue weighted by molar-refractivity contribution is 0.0950. The fourth-order valence-corrected chi connectivity index (χ4v) is 2.31. The molecule has 0 saturated carbocycles. The van der Waals surface area contributed by atoms with E-state index >= 15 is 0 Å². The Morgan fingerprint density at radius 2 is 2.04 bits per heavy atom. The minimum absolute atomic E-state index is 0.266. The van der Waals surface area contributed by atoms with Crippen molar-refractivity contribution in [3.63, 3.8) is 0 Å². The Labute approximate surface area is 149 Å². The molecule has 0 spiro atoms. The molecule has 26 heavy (non-hydrogen) atoms. The summed E-state index contributed by atoms with van der Waals surface area (Å²) in [6.07, 6.45) is 1.43. The predicted octanol–water partition coefficient (Wildman–Crippen LogP) is 3.38. The van der Waals surface area contributed by atoms with Gasteiger partial charge in [0.1, 0.15) is 17.3 Å². The molecular formula is C19H17FN4O2. The second-order valence-electron chi connectivity index (χ2n) is 5.35. The van der Waals surface area contributed by atoms with Gasteiger partial charge in [-0.3, -0.25) is 9.89 Å². The van der Waals surface area contributed by atoms with Crippen molar-refractivity contribution in [1.82, 2.24) is 15.6 Å². The van der Waals surface area contributed by atoms with Gasteiger partial charge in [0.2, 0.25) is 0 Å². The third-order valence-electron chi connectivity index (χ3n) is 3.54. The van der Waals surface area contributed by atoms with Gasteiger partial charge in [-0.05, 0) is 42.8 Å². The van der Waals surface area contributed by atoms with E-state index in [4.69, 9.17) is 4.74 Å². The number of carbonyl (C=O) groups excluding carboxylic acids is 1. The topological polar surface area (TPSA) is 79.4 Å². The van der Waals surface area contributed by atoms with Crippen LogP contribution in [0.5, 0.6) is 5.75 Å². The van der Waals surface area contributed by atoms with Crippen molar-refractivity contribution in [2.75, 3.05) is 6.61 Å². The fourth-order valence-electron chi connectivity index (χ4n) is 2.31. The molecule has 0 aliphatic rings. The zero-order chi connectivity index (χ0) is 18.4. The first-order valence-electron chi connectivity index (χ1n) is 8.04. The molecule has 1 aromatic heterocycles. The van der Waals surface area contributed by atoms with Crippen LogP contribution in [0, 0.1) is 5.82 Å².